The Morgan fingerprint density at radius 1 is 1.20 bits per heavy atom. The summed E-state index contributed by atoms with van der Waals surface area (Å²) in [7, 11) is 1.61. The van der Waals surface area contributed by atoms with Crippen molar-refractivity contribution >= 4 is 11.6 Å². The van der Waals surface area contributed by atoms with Crippen molar-refractivity contribution < 1.29 is 9.13 Å². The first-order valence-corrected chi connectivity index (χ1v) is 6.80. The Hall–Kier alpha value is -1.58. The van der Waals surface area contributed by atoms with Gasteiger partial charge in [0.2, 0.25) is 0 Å². The highest BCUT2D eigenvalue weighted by atomic mass is 35.5. The molecule has 0 fully saturated rings. The molecule has 4 heteroatoms. The van der Waals surface area contributed by atoms with Crippen molar-refractivity contribution in [2.24, 2.45) is 0 Å². The van der Waals surface area contributed by atoms with Gasteiger partial charge in [0.15, 0.2) is 0 Å². The Bertz CT molecular complexity index is 588. The van der Waals surface area contributed by atoms with Crippen molar-refractivity contribution in [3.05, 3.63) is 64.4 Å². The second-order valence-electron chi connectivity index (χ2n) is 4.54. The first-order valence-electron chi connectivity index (χ1n) is 6.42. The number of ether oxygens (including phenoxy) is 1. The summed E-state index contributed by atoms with van der Waals surface area (Å²) in [5.74, 6) is 0.518. The van der Waals surface area contributed by atoms with Crippen LogP contribution in [0.3, 0.4) is 0 Å². The van der Waals surface area contributed by atoms with Gasteiger partial charge in [0.05, 0.1) is 7.11 Å². The maximum absolute atomic E-state index is 13.7. The highest BCUT2D eigenvalue weighted by Gasteiger charge is 2.12. The fourth-order valence-electron chi connectivity index (χ4n) is 2.09. The molecule has 0 radical (unpaired) electrons. The van der Waals surface area contributed by atoms with Gasteiger partial charge < -0.3 is 10.1 Å². The molecular formula is C16H17ClFNO. The van der Waals surface area contributed by atoms with Crippen LogP contribution >= 0.6 is 11.6 Å². The molecule has 1 atom stereocenters. The predicted molar refractivity (Wildman–Crippen MR) is 79.7 cm³/mol. The van der Waals surface area contributed by atoms with Crippen molar-refractivity contribution in [1.82, 2.24) is 5.32 Å². The van der Waals surface area contributed by atoms with Crippen LogP contribution in [0.4, 0.5) is 4.39 Å². The molecule has 0 saturated carbocycles. The maximum atomic E-state index is 13.7. The lowest BCUT2D eigenvalue weighted by molar-refractivity contribution is 0.405. The zero-order chi connectivity index (χ0) is 14.5. The number of rotatable bonds is 5. The van der Waals surface area contributed by atoms with Crippen LogP contribution in [0.25, 0.3) is 0 Å². The number of hydrogen-bond donors (Lipinski definition) is 1. The first-order chi connectivity index (χ1) is 9.63. The van der Waals surface area contributed by atoms with E-state index in [1.807, 2.05) is 31.2 Å². The lowest BCUT2D eigenvalue weighted by atomic mass is 10.1. The summed E-state index contributed by atoms with van der Waals surface area (Å²) in [5, 5.41) is 3.90. The number of methoxy groups -OCH3 is 1. The van der Waals surface area contributed by atoms with Gasteiger partial charge in [0.25, 0.3) is 0 Å². The summed E-state index contributed by atoms with van der Waals surface area (Å²) in [6, 6.07) is 12.1. The van der Waals surface area contributed by atoms with Gasteiger partial charge in [-0.05, 0) is 25.1 Å². The monoisotopic (exact) mass is 293 g/mol. The minimum absolute atomic E-state index is 0.114. The second kappa shape index (κ2) is 6.73. The predicted octanol–water partition coefficient (Wildman–Crippen LogP) is 4.34. The van der Waals surface area contributed by atoms with E-state index in [1.165, 1.54) is 6.07 Å². The van der Waals surface area contributed by atoms with Crippen LogP contribution in [0, 0.1) is 5.82 Å². The van der Waals surface area contributed by atoms with Gasteiger partial charge in [-0.1, -0.05) is 35.9 Å². The summed E-state index contributed by atoms with van der Waals surface area (Å²) in [4.78, 5) is 0. The lowest BCUT2D eigenvalue weighted by Crippen LogP contribution is -2.19. The van der Waals surface area contributed by atoms with Gasteiger partial charge in [0.1, 0.15) is 11.6 Å². The van der Waals surface area contributed by atoms with Gasteiger partial charge in [-0.25, -0.2) is 4.39 Å². The lowest BCUT2D eigenvalue weighted by Gasteiger charge is -2.17. The summed E-state index contributed by atoms with van der Waals surface area (Å²) < 4.78 is 19.0. The summed E-state index contributed by atoms with van der Waals surface area (Å²) in [5.41, 5.74) is 1.51. The Morgan fingerprint density at radius 3 is 2.65 bits per heavy atom. The summed E-state index contributed by atoms with van der Waals surface area (Å²) in [6.07, 6.45) is 0. The van der Waals surface area contributed by atoms with Crippen LogP contribution in [-0.4, -0.2) is 7.11 Å². The van der Waals surface area contributed by atoms with Gasteiger partial charge in [0, 0.05) is 28.7 Å². The van der Waals surface area contributed by atoms with E-state index in [0.717, 1.165) is 11.3 Å². The molecule has 2 nitrogen and oxygen atoms in total. The largest absolute Gasteiger partial charge is 0.496 e. The molecule has 0 bridgehead atoms. The number of nitrogens with one attached hydrogen (secondary N) is 1. The quantitative estimate of drug-likeness (QED) is 0.885. The molecule has 1 unspecified atom stereocenters. The molecule has 0 spiro atoms. The molecule has 0 amide bonds. The molecule has 0 aliphatic rings. The maximum Gasteiger partial charge on any atom is 0.127 e. The van der Waals surface area contributed by atoms with Crippen LogP contribution in [0.15, 0.2) is 42.5 Å². The van der Waals surface area contributed by atoms with Gasteiger partial charge in [-0.2, -0.15) is 0 Å². The second-order valence-corrected chi connectivity index (χ2v) is 4.95. The molecular weight excluding hydrogens is 277 g/mol. The van der Waals surface area contributed by atoms with E-state index in [-0.39, 0.29) is 11.9 Å². The molecule has 106 valence electrons. The van der Waals surface area contributed by atoms with Crippen LogP contribution in [0.5, 0.6) is 5.75 Å². The topological polar surface area (TPSA) is 21.3 Å². The zero-order valence-electron chi connectivity index (χ0n) is 11.5. The number of benzene rings is 2. The Morgan fingerprint density at radius 2 is 1.95 bits per heavy atom. The van der Waals surface area contributed by atoms with Crippen LogP contribution in [0.1, 0.15) is 24.1 Å². The van der Waals surface area contributed by atoms with Crippen molar-refractivity contribution in [3.8, 4) is 5.75 Å². The van der Waals surface area contributed by atoms with Crippen molar-refractivity contribution in [1.29, 1.82) is 0 Å². The van der Waals surface area contributed by atoms with E-state index < -0.39 is 0 Å². The average molecular weight is 294 g/mol. The highest BCUT2D eigenvalue weighted by molar-refractivity contribution is 6.31. The third-order valence-electron chi connectivity index (χ3n) is 3.25. The third-order valence-corrected chi connectivity index (χ3v) is 3.61. The Kier molecular flexibility index (Phi) is 4.99. The van der Waals surface area contributed by atoms with Gasteiger partial charge in [-0.15, -0.1) is 0 Å². The van der Waals surface area contributed by atoms with Gasteiger partial charge >= 0.3 is 0 Å². The molecule has 0 heterocycles. The van der Waals surface area contributed by atoms with E-state index >= 15 is 0 Å². The molecule has 0 aromatic heterocycles. The van der Waals surface area contributed by atoms with Gasteiger partial charge in [-0.3, -0.25) is 0 Å². The molecule has 2 aromatic rings. The minimum Gasteiger partial charge on any atom is -0.496 e. The SMILES string of the molecule is COc1cccc(Cl)c1CNC(C)c1ccccc1F. The number of halogens is 2. The Labute approximate surface area is 123 Å². The molecule has 20 heavy (non-hydrogen) atoms. The molecule has 0 aliphatic heterocycles. The summed E-state index contributed by atoms with van der Waals surface area (Å²) >= 11 is 6.17. The first kappa shape index (κ1) is 14.8. The number of hydrogen-bond acceptors (Lipinski definition) is 2. The van der Waals surface area contributed by atoms with Crippen LogP contribution in [-0.2, 0) is 6.54 Å². The van der Waals surface area contributed by atoms with E-state index in [1.54, 1.807) is 19.2 Å². The molecule has 0 saturated heterocycles. The van der Waals surface area contributed by atoms with Crippen LogP contribution < -0.4 is 10.1 Å². The fraction of sp³-hybridized carbons (Fsp3) is 0.250. The highest BCUT2D eigenvalue weighted by Crippen LogP contribution is 2.27. The minimum atomic E-state index is -0.210. The normalized spacial score (nSPS) is 12.2. The van der Waals surface area contributed by atoms with E-state index in [0.29, 0.717) is 17.1 Å². The van der Waals surface area contributed by atoms with Crippen LogP contribution in [0.2, 0.25) is 5.02 Å². The van der Waals surface area contributed by atoms with Crippen molar-refractivity contribution in [3.63, 3.8) is 0 Å². The fourth-order valence-corrected chi connectivity index (χ4v) is 2.33. The van der Waals surface area contributed by atoms with E-state index in [2.05, 4.69) is 5.32 Å². The molecule has 1 N–H and O–H groups in total. The standard InChI is InChI=1S/C16H17ClFNO/c1-11(12-6-3-4-8-15(12)18)19-10-13-14(17)7-5-9-16(13)20-2/h3-9,11,19H,10H2,1-2H3. The third kappa shape index (κ3) is 3.30. The molecule has 2 aromatic carbocycles. The average Bonchev–Trinajstić information content (AvgIpc) is 2.46. The zero-order valence-corrected chi connectivity index (χ0v) is 12.2. The van der Waals surface area contributed by atoms with E-state index in [4.69, 9.17) is 16.3 Å². The Balaban J connectivity index is 2.11. The van der Waals surface area contributed by atoms with E-state index in [9.17, 15) is 4.39 Å². The molecule has 0 aliphatic carbocycles. The summed E-state index contributed by atoms with van der Waals surface area (Å²) in [6.45, 7) is 2.43. The van der Waals surface area contributed by atoms with Crippen molar-refractivity contribution in [2.75, 3.05) is 7.11 Å². The van der Waals surface area contributed by atoms with Crippen molar-refractivity contribution in [2.45, 2.75) is 19.5 Å². The molecule has 2 rings (SSSR count). The smallest absolute Gasteiger partial charge is 0.127 e.